The molecular formula is C23H35N3O4+2. The Hall–Kier alpha value is -2.51. The van der Waals surface area contributed by atoms with Gasteiger partial charge in [-0.3, -0.25) is 4.79 Å². The lowest BCUT2D eigenvalue weighted by atomic mass is 10.1. The number of quaternary nitrogens is 2. The van der Waals surface area contributed by atoms with Crippen molar-refractivity contribution in [2.45, 2.75) is 26.9 Å². The van der Waals surface area contributed by atoms with Gasteiger partial charge < -0.3 is 28.6 Å². The predicted molar refractivity (Wildman–Crippen MR) is 114 cm³/mol. The van der Waals surface area contributed by atoms with Crippen LogP contribution < -0.4 is 19.3 Å². The van der Waals surface area contributed by atoms with Gasteiger partial charge in [-0.15, -0.1) is 0 Å². The molecule has 30 heavy (non-hydrogen) atoms. The summed E-state index contributed by atoms with van der Waals surface area (Å²) in [6, 6.07) is 8.00. The second-order valence-corrected chi connectivity index (χ2v) is 8.25. The van der Waals surface area contributed by atoms with Crippen LogP contribution in [0.2, 0.25) is 0 Å². The van der Waals surface area contributed by atoms with E-state index in [9.17, 15) is 4.79 Å². The zero-order chi connectivity index (χ0) is 21.7. The summed E-state index contributed by atoms with van der Waals surface area (Å²) in [5, 5.41) is 0. The minimum atomic E-state index is 0.165. The van der Waals surface area contributed by atoms with Crippen molar-refractivity contribution in [1.82, 2.24) is 4.90 Å². The summed E-state index contributed by atoms with van der Waals surface area (Å²) in [7, 11) is 5.19. The van der Waals surface area contributed by atoms with Crippen LogP contribution in [0, 0.1) is 13.8 Å². The van der Waals surface area contributed by atoms with E-state index in [2.05, 4.69) is 13.0 Å². The molecule has 0 aliphatic carbocycles. The summed E-state index contributed by atoms with van der Waals surface area (Å²) >= 11 is 0. The second kappa shape index (κ2) is 10.00. The number of furan rings is 1. The molecular weight excluding hydrogens is 382 g/mol. The van der Waals surface area contributed by atoms with E-state index in [0.29, 0.717) is 13.1 Å². The lowest BCUT2D eigenvalue weighted by Gasteiger charge is -2.30. The third-order valence-corrected chi connectivity index (χ3v) is 5.96. The molecule has 7 heteroatoms. The van der Waals surface area contributed by atoms with E-state index in [1.165, 1.54) is 16.0 Å². The molecule has 0 radical (unpaired) electrons. The molecule has 1 amide bonds. The largest absolute Gasteiger partial charge is 0.493 e. The lowest BCUT2D eigenvalue weighted by molar-refractivity contribution is -1.02. The maximum absolute atomic E-state index is 12.6. The van der Waals surface area contributed by atoms with Gasteiger partial charge in [-0.25, -0.2) is 0 Å². The molecule has 1 aromatic heterocycles. The summed E-state index contributed by atoms with van der Waals surface area (Å²) in [6.07, 6.45) is 0. The van der Waals surface area contributed by atoms with Crippen molar-refractivity contribution in [2.24, 2.45) is 0 Å². The van der Waals surface area contributed by atoms with Gasteiger partial charge in [0, 0.05) is 12.6 Å². The number of piperazine rings is 1. The first kappa shape index (κ1) is 22.2. The molecule has 2 aromatic rings. The molecule has 1 aromatic carbocycles. The van der Waals surface area contributed by atoms with Crippen molar-refractivity contribution in [3.8, 4) is 11.5 Å². The molecule has 0 atom stereocenters. The van der Waals surface area contributed by atoms with Crippen molar-refractivity contribution >= 4 is 5.91 Å². The number of methoxy groups -OCH3 is 2. The van der Waals surface area contributed by atoms with E-state index >= 15 is 0 Å². The first-order valence-electron chi connectivity index (χ1n) is 10.6. The number of ether oxygens (including phenoxy) is 2. The summed E-state index contributed by atoms with van der Waals surface area (Å²) < 4.78 is 16.4. The molecule has 1 fully saturated rings. The fourth-order valence-corrected chi connectivity index (χ4v) is 4.03. The van der Waals surface area contributed by atoms with Gasteiger partial charge in [0.2, 0.25) is 0 Å². The monoisotopic (exact) mass is 417 g/mol. The SMILES string of the molecule is COc1cc(C)c(C[NH+]2CC[NH+](CC(=O)N(C)Cc3ccc(C)o3)CC2)cc1OC. The van der Waals surface area contributed by atoms with E-state index in [0.717, 1.165) is 55.7 Å². The lowest BCUT2D eigenvalue weighted by Crippen LogP contribution is -3.28. The van der Waals surface area contributed by atoms with Crippen molar-refractivity contribution in [1.29, 1.82) is 0 Å². The Bertz CT molecular complexity index is 856. The van der Waals surface area contributed by atoms with Gasteiger partial charge >= 0.3 is 0 Å². The molecule has 7 nitrogen and oxygen atoms in total. The molecule has 164 valence electrons. The number of likely N-dealkylation sites (N-methyl/N-ethyl adjacent to an activating group) is 1. The minimum absolute atomic E-state index is 0.165. The molecule has 1 aliphatic heterocycles. The van der Waals surface area contributed by atoms with Crippen LogP contribution in [-0.4, -0.2) is 64.8 Å². The van der Waals surface area contributed by atoms with Crippen molar-refractivity contribution in [3.05, 3.63) is 46.9 Å². The number of benzene rings is 1. The Morgan fingerprint density at radius 2 is 1.67 bits per heavy atom. The van der Waals surface area contributed by atoms with E-state index in [1.807, 2.05) is 32.2 Å². The maximum atomic E-state index is 12.6. The Morgan fingerprint density at radius 1 is 1.03 bits per heavy atom. The van der Waals surface area contributed by atoms with E-state index in [-0.39, 0.29) is 5.91 Å². The molecule has 2 heterocycles. The third kappa shape index (κ3) is 5.55. The van der Waals surface area contributed by atoms with Crippen molar-refractivity contribution < 1.29 is 28.5 Å². The normalized spacial score (nSPS) is 18.8. The zero-order valence-electron chi connectivity index (χ0n) is 18.8. The van der Waals surface area contributed by atoms with Gasteiger partial charge in [0.15, 0.2) is 18.0 Å². The summed E-state index contributed by atoms with van der Waals surface area (Å²) in [6.45, 7) is 10.2. The Labute approximate surface area is 179 Å². The van der Waals surface area contributed by atoms with E-state index in [4.69, 9.17) is 13.9 Å². The highest BCUT2D eigenvalue weighted by atomic mass is 16.5. The average molecular weight is 418 g/mol. The summed E-state index contributed by atoms with van der Waals surface area (Å²) in [5.74, 6) is 3.42. The van der Waals surface area contributed by atoms with Gasteiger partial charge in [0.1, 0.15) is 44.2 Å². The Balaban J connectivity index is 1.48. The Kier molecular flexibility index (Phi) is 7.39. The molecule has 1 saturated heterocycles. The fourth-order valence-electron chi connectivity index (χ4n) is 4.03. The smallest absolute Gasteiger partial charge is 0.277 e. The number of nitrogens with zero attached hydrogens (tertiary/aromatic N) is 1. The van der Waals surface area contributed by atoms with Gasteiger partial charge in [0.05, 0.1) is 20.8 Å². The van der Waals surface area contributed by atoms with Crippen LogP contribution >= 0.6 is 0 Å². The fraction of sp³-hybridized carbons (Fsp3) is 0.522. The van der Waals surface area contributed by atoms with Crippen LogP contribution in [0.3, 0.4) is 0 Å². The third-order valence-electron chi connectivity index (χ3n) is 5.96. The van der Waals surface area contributed by atoms with Crippen LogP contribution in [0.25, 0.3) is 0 Å². The molecule has 0 saturated carbocycles. The molecule has 0 spiro atoms. The number of carbonyl (C=O) groups excluding carboxylic acids is 1. The number of carbonyl (C=O) groups is 1. The Morgan fingerprint density at radius 3 is 2.27 bits per heavy atom. The predicted octanol–water partition coefficient (Wildman–Crippen LogP) is -0.144. The highest BCUT2D eigenvalue weighted by Gasteiger charge is 2.27. The molecule has 1 aliphatic rings. The summed E-state index contributed by atoms with van der Waals surface area (Å²) in [5.41, 5.74) is 2.51. The van der Waals surface area contributed by atoms with Gasteiger partial charge in [-0.05, 0) is 43.7 Å². The minimum Gasteiger partial charge on any atom is -0.493 e. The topological polar surface area (TPSA) is 60.8 Å². The van der Waals surface area contributed by atoms with Crippen LogP contribution in [0.1, 0.15) is 22.6 Å². The highest BCUT2D eigenvalue weighted by Crippen LogP contribution is 2.29. The first-order valence-corrected chi connectivity index (χ1v) is 10.6. The number of aryl methyl sites for hydroxylation is 2. The van der Waals surface area contributed by atoms with E-state index < -0.39 is 0 Å². The van der Waals surface area contributed by atoms with Gasteiger partial charge in [-0.1, -0.05) is 0 Å². The van der Waals surface area contributed by atoms with E-state index in [1.54, 1.807) is 24.0 Å². The van der Waals surface area contributed by atoms with Crippen LogP contribution in [0.15, 0.2) is 28.7 Å². The molecule has 3 rings (SSSR count). The molecule has 2 N–H and O–H groups in total. The number of amides is 1. The molecule has 0 bridgehead atoms. The van der Waals surface area contributed by atoms with Crippen LogP contribution in [-0.2, 0) is 17.9 Å². The highest BCUT2D eigenvalue weighted by molar-refractivity contribution is 5.76. The zero-order valence-corrected chi connectivity index (χ0v) is 18.8. The van der Waals surface area contributed by atoms with Crippen LogP contribution in [0.4, 0.5) is 0 Å². The second-order valence-electron chi connectivity index (χ2n) is 8.25. The molecule has 0 unspecified atom stereocenters. The summed E-state index contributed by atoms with van der Waals surface area (Å²) in [4.78, 5) is 17.3. The quantitative estimate of drug-likeness (QED) is 0.628. The van der Waals surface area contributed by atoms with Crippen molar-refractivity contribution in [2.75, 3.05) is 54.0 Å². The van der Waals surface area contributed by atoms with Gasteiger partial charge in [-0.2, -0.15) is 0 Å². The van der Waals surface area contributed by atoms with Gasteiger partial charge in [0.25, 0.3) is 5.91 Å². The number of nitrogens with one attached hydrogen (secondary N) is 2. The standard InChI is InChI=1S/C23H33N3O4/c1-17-12-21(28-4)22(29-5)13-19(17)14-25-8-10-26(11-9-25)16-23(27)24(3)15-20-7-6-18(2)30-20/h6-7,12-13H,8-11,14-16H2,1-5H3/p+2. The average Bonchev–Trinajstić information content (AvgIpc) is 3.14. The number of rotatable bonds is 8. The number of hydrogen-bond donors (Lipinski definition) is 2. The number of hydrogen-bond acceptors (Lipinski definition) is 4. The maximum Gasteiger partial charge on any atom is 0.277 e. The van der Waals surface area contributed by atoms with Crippen molar-refractivity contribution in [3.63, 3.8) is 0 Å². The van der Waals surface area contributed by atoms with Crippen LogP contribution in [0.5, 0.6) is 11.5 Å². The first-order chi connectivity index (χ1) is 14.4.